The van der Waals surface area contributed by atoms with Gasteiger partial charge >= 0.3 is 5.97 Å². The third-order valence-electron chi connectivity index (χ3n) is 5.10. The van der Waals surface area contributed by atoms with Gasteiger partial charge in [-0.2, -0.15) is 8.42 Å². The van der Waals surface area contributed by atoms with Crippen LogP contribution in [0.3, 0.4) is 0 Å². The number of hydrogen-bond donors (Lipinski definition) is 2. The van der Waals surface area contributed by atoms with Crippen molar-refractivity contribution in [1.82, 2.24) is 9.55 Å². The molecule has 0 radical (unpaired) electrons. The predicted octanol–water partition coefficient (Wildman–Crippen LogP) is 3.15. The highest BCUT2D eigenvalue weighted by atomic mass is 32.2. The van der Waals surface area contributed by atoms with E-state index < -0.39 is 27.7 Å². The first-order valence-corrected chi connectivity index (χ1v) is 11.9. The Kier molecular flexibility index (Phi) is 8.18. The van der Waals surface area contributed by atoms with Gasteiger partial charge in [0.25, 0.3) is 15.7 Å². The van der Waals surface area contributed by atoms with Crippen LogP contribution in [0.4, 0.5) is 0 Å². The molecule has 0 aliphatic carbocycles. The van der Waals surface area contributed by atoms with E-state index >= 15 is 0 Å². The summed E-state index contributed by atoms with van der Waals surface area (Å²) in [5, 5.41) is 11.1. The zero-order valence-corrected chi connectivity index (χ0v) is 19.8. The summed E-state index contributed by atoms with van der Waals surface area (Å²) in [6.07, 6.45) is 2.95. The van der Waals surface area contributed by atoms with Crippen molar-refractivity contribution in [3.63, 3.8) is 0 Å². The van der Waals surface area contributed by atoms with Gasteiger partial charge in [0.2, 0.25) is 0 Å². The van der Waals surface area contributed by atoms with Crippen LogP contribution in [0.1, 0.15) is 13.0 Å². The van der Waals surface area contributed by atoms with E-state index in [9.17, 15) is 18.0 Å². The van der Waals surface area contributed by atoms with Crippen LogP contribution in [0.5, 0.6) is 5.75 Å². The van der Waals surface area contributed by atoms with Gasteiger partial charge in [-0.15, -0.1) is 0 Å². The number of pyridine rings is 2. The number of ether oxygens (including phenoxy) is 2. The number of aliphatic carboxylic acids is 1. The number of hydrogen-bond acceptors (Lipinski definition) is 7. The van der Waals surface area contributed by atoms with Gasteiger partial charge in [-0.05, 0) is 42.0 Å². The molecule has 0 aliphatic rings. The van der Waals surface area contributed by atoms with Gasteiger partial charge in [0, 0.05) is 13.3 Å². The van der Waals surface area contributed by atoms with Gasteiger partial charge in [0.1, 0.15) is 18.4 Å². The highest BCUT2D eigenvalue weighted by Gasteiger charge is 2.16. The lowest BCUT2D eigenvalue weighted by Gasteiger charge is -2.11. The minimum atomic E-state index is -4.09. The van der Waals surface area contributed by atoms with E-state index in [1.807, 2.05) is 18.2 Å². The van der Waals surface area contributed by atoms with Crippen LogP contribution in [0.25, 0.3) is 21.7 Å². The van der Waals surface area contributed by atoms with Crippen LogP contribution < -0.4 is 10.3 Å². The number of rotatable bonds is 7. The lowest BCUT2D eigenvalue weighted by atomic mass is 10.1. The number of carboxylic acids is 1. The van der Waals surface area contributed by atoms with Crippen LogP contribution in [0, 0.1) is 0 Å². The van der Waals surface area contributed by atoms with Gasteiger partial charge in [0.15, 0.2) is 0 Å². The van der Waals surface area contributed by atoms with Gasteiger partial charge in [-0.1, -0.05) is 30.3 Å². The Labute approximate surface area is 201 Å². The minimum absolute atomic E-state index is 0.0730. The second-order valence-corrected chi connectivity index (χ2v) is 8.89. The Balaban J connectivity index is 0.000000211. The monoisotopic (exact) mass is 500 g/mol. The van der Waals surface area contributed by atoms with E-state index in [0.717, 1.165) is 15.3 Å². The molecule has 0 saturated carbocycles. The Morgan fingerprint density at radius 1 is 1.09 bits per heavy atom. The molecule has 184 valence electrons. The molecule has 0 bridgehead atoms. The average molecular weight is 501 g/mol. The zero-order valence-electron chi connectivity index (χ0n) is 19.0. The summed E-state index contributed by atoms with van der Waals surface area (Å²) < 4.78 is 41.9. The van der Waals surface area contributed by atoms with Crippen LogP contribution in [-0.2, 0) is 19.6 Å². The van der Waals surface area contributed by atoms with E-state index in [-0.39, 0.29) is 4.90 Å². The molecule has 11 heteroatoms. The molecule has 1 atom stereocenters. The average Bonchev–Trinajstić information content (AvgIpc) is 2.84. The van der Waals surface area contributed by atoms with Gasteiger partial charge in [-0.25, -0.2) is 4.79 Å². The smallest absolute Gasteiger partial charge is 0.326 e. The third kappa shape index (κ3) is 6.41. The molecule has 0 spiro atoms. The fourth-order valence-corrected chi connectivity index (χ4v) is 3.71. The van der Waals surface area contributed by atoms with Crippen molar-refractivity contribution in [2.45, 2.75) is 17.9 Å². The van der Waals surface area contributed by atoms with Crippen molar-refractivity contribution in [2.24, 2.45) is 0 Å². The van der Waals surface area contributed by atoms with E-state index in [0.29, 0.717) is 29.9 Å². The second kappa shape index (κ2) is 11.1. The van der Waals surface area contributed by atoms with Gasteiger partial charge in [-0.3, -0.25) is 14.3 Å². The van der Waals surface area contributed by atoms with E-state index in [1.165, 1.54) is 31.5 Å². The number of aromatic nitrogens is 2. The molecular formula is C24H24N2O8S. The van der Waals surface area contributed by atoms with Crippen LogP contribution in [0.2, 0.25) is 0 Å². The molecule has 0 amide bonds. The first kappa shape index (κ1) is 25.8. The summed E-state index contributed by atoms with van der Waals surface area (Å²) in [4.78, 5) is 27.4. The maximum Gasteiger partial charge on any atom is 0.326 e. The largest absolute Gasteiger partial charge is 0.490 e. The lowest BCUT2D eigenvalue weighted by molar-refractivity contribution is -0.140. The number of benzene rings is 2. The summed E-state index contributed by atoms with van der Waals surface area (Å²) in [7, 11) is -2.53. The van der Waals surface area contributed by atoms with Crippen LogP contribution >= 0.6 is 0 Å². The Morgan fingerprint density at radius 2 is 1.80 bits per heavy atom. The number of fused-ring (bicyclic) bond motifs is 2. The fraction of sp³-hybridized carbons (Fsp3) is 0.208. The topological polar surface area (TPSA) is 145 Å². The van der Waals surface area contributed by atoms with Crippen molar-refractivity contribution in [1.29, 1.82) is 0 Å². The fourth-order valence-electron chi connectivity index (χ4n) is 3.19. The van der Waals surface area contributed by atoms with Crippen molar-refractivity contribution in [2.75, 3.05) is 20.3 Å². The summed E-state index contributed by atoms with van der Waals surface area (Å²) in [6.45, 7) is 2.21. The van der Waals surface area contributed by atoms with Gasteiger partial charge in [0.05, 0.1) is 28.6 Å². The normalized spacial score (nSPS) is 12.1. The molecule has 0 saturated heterocycles. The molecule has 2 N–H and O–H groups in total. The number of carbonyl (C=O) groups is 1. The van der Waals surface area contributed by atoms with E-state index in [1.54, 1.807) is 31.4 Å². The van der Waals surface area contributed by atoms with Gasteiger partial charge < -0.3 is 19.1 Å². The predicted molar refractivity (Wildman–Crippen MR) is 129 cm³/mol. The SMILES string of the molecule is COCCOc1cnc2ccn(C(C)C(=O)O)c(=O)c2c1.O=S(=O)(O)c1ccc2ccccc2c1. The van der Waals surface area contributed by atoms with Crippen molar-refractivity contribution in [3.05, 3.63) is 77.3 Å². The molecular weight excluding hydrogens is 476 g/mol. The molecule has 2 aromatic carbocycles. The third-order valence-corrected chi connectivity index (χ3v) is 5.95. The van der Waals surface area contributed by atoms with Crippen molar-refractivity contribution >= 4 is 37.8 Å². The zero-order chi connectivity index (χ0) is 25.6. The Bertz CT molecular complexity index is 1520. The Morgan fingerprint density at radius 3 is 2.46 bits per heavy atom. The maximum absolute atomic E-state index is 12.3. The molecule has 0 aliphatic heterocycles. The number of methoxy groups -OCH3 is 1. The molecule has 4 aromatic rings. The lowest BCUT2D eigenvalue weighted by Crippen LogP contribution is -2.27. The van der Waals surface area contributed by atoms with Crippen molar-refractivity contribution < 1.29 is 32.3 Å². The standard InChI is InChI=1S/C14H16N2O5.C10H8O3S/c1-9(14(18)19)16-4-3-12-11(13(16)17)7-10(8-15-12)21-6-5-20-2;11-14(12,13)10-6-5-8-3-1-2-4-9(8)7-10/h3-4,7-9H,5-6H2,1-2H3,(H,18,19);1-7H,(H,11,12,13). The molecule has 35 heavy (non-hydrogen) atoms. The highest BCUT2D eigenvalue weighted by Crippen LogP contribution is 2.18. The van der Waals surface area contributed by atoms with E-state index in [4.69, 9.17) is 19.1 Å². The molecule has 4 rings (SSSR count). The summed E-state index contributed by atoms with van der Waals surface area (Å²) >= 11 is 0. The van der Waals surface area contributed by atoms with Crippen LogP contribution in [-0.4, -0.2) is 53.9 Å². The molecule has 10 nitrogen and oxygen atoms in total. The quantitative estimate of drug-likeness (QED) is 0.289. The Hall–Kier alpha value is -3.80. The molecule has 2 heterocycles. The summed E-state index contributed by atoms with van der Waals surface area (Å²) in [5.74, 6) is -0.630. The molecule has 0 fully saturated rings. The first-order valence-electron chi connectivity index (χ1n) is 10.4. The first-order chi connectivity index (χ1) is 16.6. The second-order valence-electron chi connectivity index (χ2n) is 7.47. The molecule has 2 aromatic heterocycles. The minimum Gasteiger partial charge on any atom is -0.490 e. The number of nitrogens with zero attached hydrogens (tertiary/aromatic N) is 2. The molecule has 1 unspecified atom stereocenters. The van der Waals surface area contributed by atoms with Crippen molar-refractivity contribution in [3.8, 4) is 5.75 Å². The van der Waals surface area contributed by atoms with E-state index in [2.05, 4.69) is 4.98 Å². The highest BCUT2D eigenvalue weighted by molar-refractivity contribution is 7.85. The number of carboxylic acid groups (broad SMARTS) is 1. The summed E-state index contributed by atoms with van der Waals surface area (Å²) in [5.41, 5.74) is 0.0834. The maximum atomic E-state index is 12.3. The summed E-state index contributed by atoms with van der Waals surface area (Å²) in [6, 6.07) is 14.1. The van der Waals surface area contributed by atoms with Crippen LogP contribution in [0.15, 0.2) is 76.7 Å².